The Kier molecular flexibility index (Phi) is 5.54. The highest BCUT2D eigenvalue weighted by Crippen LogP contribution is 2.35. The molecule has 2 heterocycles. The molecule has 0 aliphatic carbocycles. The summed E-state index contributed by atoms with van der Waals surface area (Å²) in [6, 6.07) is 10.2. The van der Waals surface area contributed by atoms with E-state index in [-0.39, 0.29) is 5.01 Å². The van der Waals surface area contributed by atoms with Crippen molar-refractivity contribution < 1.29 is 18.4 Å². The molecule has 30 heavy (non-hydrogen) atoms. The summed E-state index contributed by atoms with van der Waals surface area (Å²) in [6.07, 6.45) is 1.24. The highest BCUT2D eigenvalue weighted by Gasteiger charge is 2.35. The molecule has 0 radical (unpaired) electrons. The lowest BCUT2D eigenvalue weighted by Crippen LogP contribution is -2.32. The maximum absolute atomic E-state index is 14.1. The minimum Gasteiger partial charge on any atom is -0.329 e. The van der Waals surface area contributed by atoms with Crippen LogP contribution in [0.1, 0.15) is 49.6 Å². The molecular weight excluding hydrogens is 410 g/mol. The molecule has 1 aromatic heterocycles. The Labute approximate surface area is 175 Å². The van der Waals surface area contributed by atoms with Crippen LogP contribution in [-0.4, -0.2) is 33.5 Å². The molecule has 0 saturated carbocycles. The van der Waals surface area contributed by atoms with E-state index in [2.05, 4.69) is 15.5 Å². The minimum absolute atomic E-state index is 0.155. The first kappa shape index (κ1) is 20.1. The van der Waals surface area contributed by atoms with Gasteiger partial charge >= 0.3 is 0 Å². The Morgan fingerprint density at radius 2 is 1.80 bits per heavy atom. The summed E-state index contributed by atoms with van der Waals surface area (Å²) in [5, 5.41) is 11.4. The van der Waals surface area contributed by atoms with Crippen LogP contribution in [0.3, 0.4) is 0 Å². The molecule has 9 heteroatoms. The zero-order valence-corrected chi connectivity index (χ0v) is 16.9. The van der Waals surface area contributed by atoms with E-state index in [4.69, 9.17) is 0 Å². The van der Waals surface area contributed by atoms with Crippen LogP contribution in [0.2, 0.25) is 0 Å². The Bertz CT molecular complexity index is 1080. The number of carbonyl (C=O) groups is 2. The maximum Gasteiger partial charge on any atom is 0.286 e. The molecule has 1 fully saturated rings. The molecule has 1 aliphatic rings. The minimum atomic E-state index is -0.902. The van der Waals surface area contributed by atoms with Crippen molar-refractivity contribution in [3.05, 3.63) is 75.2 Å². The number of likely N-dealkylation sites (tertiary alicyclic amines) is 1. The van der Waals surface area contributed by atoms with Gasteiger partial charge in [0.05, 0.1) is 6.04 Å². The lowest BCUT2D eigenvalue weighted by Gasteiger charge is -2.23. The van der Waals surface area contributed by atoms with Gasteiger partial charge in [-0.05, 0) is 44.0 Å². The first-order valence-corrected chi connectivity index (χ1v) is 10.2. The quantitative estimate of drug-likeness (QED) is 0.670. The van der Waals surface area contributed by atoms with Gasteiger partial charge < -0.3 is 10.2 Å². The van der Waals surface area contributed by atoms with Crippen molar-refractivity contribution in [1.29, 1.82) is 0 Å². The van der Waals surface area contributed by atoms with Crippen LogP contribution in [0.5, 0.6) is 0 Å². The van der Waals surface area contributed by atoms with E-state index >= 15 is 0 Å². The Morgan fingerprint density at radius 1 is 1.10 bits per heavy atom. The topological polar surface area (TPSA) is 75.2 Å². The first-order chi connectivity index (χ1) is 14.4. The zero-order chi connectivity index (χ0) is 21.3. The van der Waals surface area contributed by atoms with Gasteiger partial charge in [0.2, 0.25) is 5.01 Å². The second-order valence-electron chi connectivity index (χ2n) is 7.02. The molecule has 4 rings (SSSR count). The predicted octanol–water partition coefficient (Wildman–Crippen LogP) is 4.35. The van der Waals surface area contributed by atoms with E-state index in [9.17, 15) is 18.4 Å². The van der Waals surface area contributed by atoms with E-state index in [1.807, 2.05) is 19.1 Å². The van der Waals surface area contributed by atoms with Crippen molar-refractivity contribution in [2.45, 2.75) is 25.8 Å². The summed E-state index contributed by atoms with van der Waals surface area (Å²) in [7, 11) is 0. The molecular formula is C21H18F2N4O2S. The van der Waals surface area contributed by atoms with Gasteiger partial charge in [-0.2, -0.15) is 0 Å². The summed E-state index contributed by atoms with van der Waals surface area (Å²) in [4.78, 5) is 26.7. The van der Waals surface area contributed by atoms with E-state index < -0.39 is 35.1 Å². The Morgan fingerprint density at radius 3 is 2.50 bits per heavy atom. The molecule has 2 aromatic carbocycles. The van der Waals surface area contributed by atoms with Crippen LogP contribution >= 0.6 is 11.3 Å². The fraction of sp³-hybridized carbons (Fsp3) is 0.238. The lowest BCUT2D eigenvalue weighted by molar-refractivity contribution is 0.0725. The molecule has 1 saturated heterocycles. The number of hydrogen-bond acceptors (Lipinski definition) is 5. The van der Waals surface area contributed by atoms with E-state index in [0.717, 1.165) is 29.0 Å². The number of carbonyl (C=O) groups excluding carboxylic acids is 2. The summed E-state index contributed by atoms with van der Waals surface area (Å²) < 4.78 is 28.1. The first-order valence-electron chi connectivity index (χ1n) is 9.40. The monoisotopic (exact) mass is 428 g/mol. The van der Waals surface area contributed by atoms with E-state index in [1.165, 1.54) is 11.0 Å². The standard InChI is InChI=1S/C21H18F2N4O2S/c1-12-7-9-13(10-8-12)24-18(28)20-26-25-19(30-20)16-6-3-11-27(16)21(29)17-14(22)4-2-5-15(17)23/h2,4-5,7-10,16H,3,6,11H2,1H3,(H,24,28)/t16-/m0/s1. The molecule has 0 unspecified atom stereocenters. The summed E-state index contributed by atoms with van der Waals surface area (Å²) in [6.45, 7) is 2.30. The van der Waals surface area contributed by atoms with Crippen LogP contribution in [0.15, 0.2) is 42.5 Å². The van der Waals surface area contributed by atoms with Gasteiger partial charge in [0.1, 0.15) is 22.2 Å². The molecule has 1 aliphatic heterocycles. The van der Waals surface area contributed by atoms with Crippen LogP contribution in [0.4, 0.5) is 14.5 Å². The third-order valence-corrected chi connectivity index (χ3v) is 5.94. The predicted molar refractivity (Wildman–Crippen MR) is 108 cm³/mol. The molecule has 2 amide bonds. The summed E-state index contributed by atoms with van der Waals surface area (Å²) in [5.41, 5.74) is 1.13. The molecule has 0 bridgehead atoms. The van der Waals surface area contributed by atoms with Crippen molar-refractivity contribution in [2.24, 2.45) is 0 Å². The van der Waals surface area contributed by atoms with Gasteiger partial charge in [-0.1, -0.05) is 35.1 Å². The van der Waals surface area contributed by atoms with Gasteiger partial charge in [0, 0.05) is 12.2 Å². The van der Waals surface area contributed by atoms with Gasteiger partial charge in [0.25, 0.3) is 11.8 Å². The molecule has 0 spiro atoms. The number of rotatable bonds is 4. The highest BCUT2D eigenvalue weighted by atomic mass is 32.1. The summed E-state index contributed by atoms with van der Waals surface area (Å²) >= 11 is 1.07. The molecule has 6 nitrogen and oxygen atoms in total. The van der Waals surface area contributed by atoms with Crippen LogP contribution in [0, 0.1) is 18.6 Å². The van der Waals surface area contributed by atoms with Crippen LogP contribution in [0.25, 0.3) is 0 Å². The lowest BCUT2D eigenvalue weighted by atomic mass is 10.1. The number of halogens is 2. The van der Waals surface area contributed by atoms with E-state index in [0.29, 0.717) is 30.1 Å². The average Bonchev–Trinajstić information content (AvgIpc) is 3.39. The number of amides is 2. The SMILES string of the molecule is Cc1ccc(NC(=O)c2nnc([C@@H]3CCCN3C(=O)c3c(F)cccc3F)s2)cc1. The molecule has 3 aromatic rings. The molecule has 1 N–H and O–H groups in total. The van der Waals surface area contributed by atoms with Crippen molar-refractivity contribution in [1.82, 2.24) is 15.1 Å². The number of aromatic nitrogens is 2. The number of nitrogens with zero attached hydrogens (tertiary/aromatic N) is 3. The summed E-state index contributed by atoms with van der Waals surface area (Å²) in [5.74, 6) is -2.94. The van der Waals surface area contributed by atoms with Gasteiger partial charge in [-0.3, -0.25) is 9.59 Å². The third kappa shape index (κ3) is 3.93. The van der Waals surface area contributed by atoms with Crippen molar-refractivity contribution in [3.63, 3.8) is 0 Å². The van der Waals surface area contributed by atoms with Gasteiger partial charge in [0.15, 0.2) is 0 Å². The maximum atomic E-state index is 14.1. The number of aryl methyl sites for hydroxylation is 1. The highest BCUT2D eigenvalue weighted by molar-refractivity contribution is 7.13. The smallest absolute Gasteiger partial charge is 0.286 e. The number of hydrogen-bond donors (Lipinski definition) is 1. The fourth-order valence-electron chi connectivity index (χ4n) is 3.39. The normalized spacial score (nSPS) is 16.0. The van der Waals surface area contributed by atoms with Gasteiger partial charge in [-0.25, -0.2) is 8.78 Å². The van der Waals surface area contributed by atoms with E-state index in [1.54, 1.807) is 12.1 Å². The zero-order valence-electron chi connectivity index (χ0n) is 16.1. The second kappa shape index (κ2) is 8.27. The van der Waals surface area contributed by atoms with Crippen LogP contribution < -0.4 is 5.32 Å². The Hall–Kier alpha value is -3.20. The number of anilines is 1. The number of nitrogens with one attached hydrogen (secondary N) is 1. The molecule has 154 valence electrons. The van der Waals surface area contributed by atoms with Gasteiger partial charge in [-0.15, -0.1) is 10.2 Å². The molecule has 1 atom stereocenters. The van der Waals surface area contributed by atoms with Crippen molar-refractivity contribution >= 4 is 28.8 Å². The largest absolute Gasteiger partial charge is 0.329 e. The second-order valence-corrected chi connectivity index (χ2v) is 8.03. The fourth-order valence-corrected chi connectivity index (χ4v) is 4.28. The van der Waals surface area contributed by atoms with Crippen molar-refractivity contribution in [3.8, 4) is 0 Å². The number of benzene rings is 2. The van der Waals surface area contributed by atoms with Crippen molar-refractivity contribution in [2.75, 3.05) is 11.9 Å². The Balaban J connectivity index is 1.52. The average molecular weight is 428 g/mol. The third-order valence-electron chi connectivity index (χ3n) is 4.92. The van der Waals surface area contributed by atoms with Crippen LogP contribution in [-0.2, 0) is 0 Å².